The lowest BCUT2D eigenvalue weighted by atomic mass is 9.99. The minimum absolute atomic E-state index is 0.0740. The van der Waals surface area contributed by atoms with Crippen molar-refractivity contribution in [2.24, 2.45) is 4.99 Å². The van der Waals surface area contributed by atoms with Crippen LogP contribution in [0.5, 0.6) is 0 Å². The summed E-state index contributed by atoms with van der Waals surface area (Å²) in [5.41, 5.74) is 2.50. The summed E-state index contributed by atoms with van der Waals surface area (Å²) in [4.78, 5) is 19.1. The molecule has 4 rings (SSSR count). The van der Waals surface area contributed by atoms with Crippen LogP contribution in [0.4, 0.5) is 0 Å². The second-order valence-electron chi connectivity index (χ2n) is 8.26. The largest absolute Gasteiger partial charge is 0.362 e. The van der Waals surface area contributed by atoms with Crippen molar-refractivity contribution in [3.05, 3.63) is 83.9 Å². The van der Waals surface area contributed by atoms with E-state index >= 15 is 0 Å². The number of benzene rings is 3. The van der Waals surface area contributed by atoms with Crippen molar-refractivity contribution in [1.82, 2.24) is 15.5 Å². The van der Waals surface area contributed by atoms with Gasteiger partial charge in [-0.3, -0.25) is 9.79 Å². The lowest BCUT2D eigenvalue weighted by molar-refractivity contribution is -0.125. The van der Waals surface area contributed by atoms with E-state index in [0.29, 0.717) is 13.0 Å². The number of aliphatic imine (C=N–C) groups is 1. The van der Waals surface area contributed by atoms with Crippen LogP contribution >= 0.6 is 0 Å². The van der Waals surface area contributed by atoms with Crippen molar-refractivity contribution in [1.29, 1.82) is 0 Å². The van der Waals surface area contributed by atoms with Gasteiger partial charge in [0.2, 0.25) is 5.91 Å². The monoisotopic (exact) mass is 414 g/mol. The fourth-order valence-electron chi connectivity index (χ4n) is 4.05. The maximum absolute atomic E-state index is 12.5. The SMILES string of the molecule is CN(C=NCCC1NCC(Cc2ccc3ccccc3c2)NC1=O)Cc1ccccc1. The first-order chi connectivity index (χ1) is 15.2. The van der Waals surface area contributed by atoms with Crippen LogP contribution in [0.25, 0.3) is 10.8 Å². The van der Waals surface area contributed by atoms with E-state index < -0.39 is 0 Å². The summed E-state index contributed by atoms with van der Waals surface area (Å²) in [5.74, 6) is 0.0740. The molecule has 3 aromatic rings. The van der Waals surface area contributed by atoms with Crippen molar-refractivity contribution in [3.63, 3.8) is 0 Å². The molecule has 0 saturated carbocycles. The molecular weight excluding hydrogens is 384 g/mol. The highest BCUT2D eigenvalue weighted by molar-refractivity contribution is 5.84. The maximum Gasteiger partial charge on any atom is 0.237 e. The lowest BCUT2D eigenvalue weighted by Gasteiger charge is -2.30. The second-order valence-corrected chi connectivity index (χ2v) is 8.26. The Bertz CT molecular complexity index is 1030. The van der Waals surface area contributed by atoms with Gasteiger partial charge in [0, 0.05) is 32.7 Å². The zero-order valence-corrected chi connectivity index (χ0v) is 18.0. The molecule has 1 saturated heterocycles. The number of piperazine rings is 1. The number of rotatable bonds is 8. The normalized spacial score (nSPS) is 18.9. The van der Waals surface area contributed by atoms with Crippen molar-refractivity contribution >= 4 is 23.0 Å². The molecule has 3 aromatic carbocycles. The lowest BCUT2D eigenvalue weighted by Crippen LogP contribution is -2.59. The Morgan fingerprint density at radius 3 is 2.58 bits per heavy atom. The molecule has 31 heavy (non-hydrogen) atoms. The predicted molar refractivity (Wildman–Crippen MR) is 127 cm³/mol. The summed E-state index contributed by atoms with van der Waals surface area (Å²) in [6, 6.07) is 25.1. The van der Waals surface area contributed by atoms with Gasteiger partial charge in [-0.25, -0.2) is 0 Å². The van der Waals surface area contributed by atoms with E-state index in [0.717, 1.165) is 19.5 Å². The Morgan fingerprint density at radius 1 is 1.00 bits per heavy atom. The van der Waals surface area contributed by atoms with Gasteiger partial charge < -0.3 is 15.5 Å². The van der Waals surface area contributed by atoms with E-state index in [4.69, 9.17) is 0 Å². The predicted octanol–water partition coefficient (Wildman–Crippen LogP) is 3.39. The number of fused-ring (bicyclic) bond motifs is 1. The first kappa shape index (κ1) is 21.1. The fourth-order valence-corrected chi connectivity index (χ4v) is 4.05. The maximum atomic E-state index is 12.5. The standard InChI is InChI=1S/C26H30N4O/c1-30(18-20-7-3-2-4-8-20)19-27-14-13-25-26(31)29-24(17-28-25)16-21-11-12-22-9-5-6-10-23(22)15-21/h2-12,15,19,24-25,28H,13-14,16-18H2,1H3,(H,29,31). The third-order valence-corrected chi connectivity index (χ3v) is 5.67. The third-order valence-electron chi connectivity index (χ3n) is 5.67. The Labute approximate surface area is 184 Å². The van der Waals surface area contributed by atoms with Gasteiger partial charge in [0.15, 0.2) is 0 Å². The van der Waals surface area contributed by atoms with Gasteiger partial charge in [0.1, 0.15) is 0 Å². The average molecular weight is 415 g/mol. The smallest absolute Gasteiger partial charge is 0.237 e. The number of carbonyl (C=O) groups is 1. The summed E-state index contributed by atoms with van der Waals surface area (Å²) in [6.07, 6.45) is 3.39. The molecule has 0 bridgehead atoms. The van der Waals surface area contributed by atoms with Crippen LogP contribution in [0.1, 0.15) is 17.5 Å². The number of nitrogens with zero attached hydrogens (tertiary/aromatic N) is 2. The van der Waals surface area contributed by atoms with Crippen molar-refractivity contribution in [2.45, 2.75) is 31.5 Å². The van der Waals surface area contributed by atoms with Gasteiger partial charge in [-0.15, -0.1) is 0 Å². The average Bonchev–Trinajstić information content (AvgIpc) is 2.78. The first-order valence-electron chi connectivity index (χ1n) is 10.9. The van der Waals surface area contributed by atoms with Gasteiger partial charge in [-0.1, -0.05) is 72.8 Å². The number of hydrogen-bond acceptors (Lipinski definition) is 3. The van der Waals surface area contributed by atoms with Crippen LogP contribution in [-0.4, -0.2) is 49.4 Å². The molecule has 0 spiro atoms. The molecule has 2 atom stereocenters. The van der Waals surface area contributed by atoms with E-state index in [2.05, 4.69) is 75.1 Å². The van der Waals surface area contributed by atoms with Crippen molar-refractivity contribution in [3.8, 4) is 0 Å². The molecule has 0 radical (unpaired) electrons. The summed E-state index contributed by atoms with van der Waals surface area (Å²) in [6.45, 7) is 2.23. The molecule has 160 valence electrons. The molecule has 0 aromatic heterocycles. The Kier molecular flexibility index (Phi) is 6.95. The Morgan fingerprint density at radius 2 is 1.77 bits per heavy atom. The molecular formula is C26H30N4O. The second kappa shape index (κ2) is 10.2. The summed E-state index contributed by atoms with van der Waals surface area (Å²) < 4.78 is 0. The number of carbonyl (C=O) groups excluding carboxylic acids is 1. The number of amides is 1. The van der Waals surface area contributed by atoms with Gasteiger partial charge in [-0.2, -0.15) is 0 Å². The molecule has 5 heteroatoms. The van der Waals surface area contributed by atoms with Gasteiger partial charge in [-0.05, 0) is 34.7 Å². The number of hydrogen-bond donors (Lipinski definition) is 2. The molecule has 1 amide bonds. The molecule has 2 unspecified atom stereocenters. The van der Waals surface area contributed by atoms with E-state index in [1.165, 1.54) is 21.9 Å². The minimum atomic E-state index is -0.176. The highest BCUT2D eigenvalue weighted by Crippen LogP contribution is 2.17. The highest BCUT2D eigenvalue weighted by atomic mass is 16.2. The van der Waals surface area contributed by atoms with Crippen LogP contribution in [0.2, 0.25) is 0 Å². The Balaban J connectivity index is 1.21. The molecule has 0 aliphatic carbocycles. The van der Waals surface area contributed by atoms with E-state index in [1.54, 1.807) is 0 Å². The molecule has 5 nitrogen and oxygen atoms in total. The summed E-state index contributed by atoms with van der Waals surface area (Å²) in [5, 5.41) is 9.07. The molecule has 1 fully saturated rings. The van der Waals surface area contributed by atoms with Gasteiger partial charge in [0.05, 0.1) is 12.4 Å². The van der Waals surface area contributed by atoms with Gasteiger partial charge >= 0.3 is 0 Å². The van der Waals surface area contributed by atoms with E-state index in [-0.39, 0.29) is 18.0 Å². The van der Waals surface area contributed by atoms with Crippen LogP contribution in [0.15, 0.2) is 77.8 Å². The zero-order chi connectivity index (χ0) is 21.5. The molecule has 2 N–H and O–H groups in total. The zero-order valence-electron chi connectivity index (χ0n) is 18.0. The molecule has 1 aliphatic heterocycles. The molecule has 1 aliphatic rings. The van der Waals surface area contributed by atoms with Crippen molar-refractivity contribution < 1.29 is 4.79 Å². The topological polar surface area (TPSA) is 56.7 Å². The summed E-state index contributed by atoms with van der Waals surface area (Å²) >= 11 is 0. The van der Waals surface area contributed by atoms with E-state index in [9.17, 15) is 4.79 Å². The number of nitrogens with one attached hydrogen (secondary N) is 2. The first-order valence-corrected chi connectivity index (χ1v) is 10.9. The van der Waals surface area contributed by atoms with Crippen LogP contribution < -0.4 is 10.6 Å². The Hall–Kier alpha value is -3.18. The van der Waals surface area contributed by atoms with Crippen LogP contribution in [0, 0.1) is 0 Å². The quantitative estimate of drug-likeness (QED) is 0.439. The molecule has 1 heterocycles. The van der Waals surface area contributed by atoms with Crippen molar-refractivity contribution in [2.75, 3.05) is 20.1 Å². The highest BCUT2D eigenvalue weighted by Gasteiger charge is 2.26. The third kappa shape index (κ3) is 5.92. The van der Waals surface area contributed by atoms with E-state index in [1.807, 2.05) is 31.6 Å². The van der Waals surface area contributed by atoms with Crippen LogP contribution in [-0.2, 0) is 17.8 Å². The van der Waals surface area contributed by atoms with Gasteiger partial charge in [0.25, 0.3) is 0 Å². The minimum Gasteiger partial charge on any atom is -0.362 e. The van der Waals surface area contributed by atoms with Crippen LogP contribution in [0.3, 0.4) is 0 Å². The fraction of sp³-hybridized carbons (Fsp3) is 0.308. The summed E-state index contributed by atoms with van der Waals surface area (Å²) in [7, 11) is 2.01.